The van der Waals surface area contributed by atoms with Crippen molar-refractivity contribution in [2.75, 3.05) is 17.2 Å². The van der Waals surface area contributed by atoms with Crippen LogP contribution < -0.4 is 15.4 Å². The summed E-state index contributed by atoms with van der Waals surface area (Å²) in [7, 11) is 0. The third-order valence-corrected chi connectivity index (χ3v) is 2.88. The highest BCUT2D eigenvalue weighted by molar-refractivity contribution is 5.63. The Morgan fingerprint density at radius 2 is 1.85 bits per heavy atom. The maximum Gasteiger partial charge on any atom is 0.239 e. The Morgan fingerprint density at radius 1 is 1.15 bits per heavy atom. The quantitative estimate of drug-likeness (QED) is 0.902. The number of nitrogen functional groups attached to an aromatic ring is 1. The van der Waals surface area contributed by atoms with Crippen LogP contribution in [-0.4, -0.2) is 17.6 Å². The fraction of sp³-hybridized carbons (Fsp3) is 0.312. The van der Waals surface area contributed by atoms with Crippen LogP contribution in [0.4, 0.5) is 17.2 Å². The van der Waals surface area contributed by atoms with E-state index in [0.717, 1.165) is 18.1 Å². The summed E-state index contributed by atoms with van der Waals surface area (Å²) in [5, 5.41) is 0. The predicted molar refractivity (Wildman–Crippen MR) is 83.5 cm³/mol. The molecule has 2 rings (SSSR count). The molecule has 106 valence electrons. The second-order valence-electron chi connectivity index (χ2n) is 4.81. The highest BCUT2D eigenvalue weighted by atomic mass is 16.5. The molecule has 0 aliphatic carbocycles. The first kappa shape index (κ1) is 14.2. The van der Waals surface area contributed by atoms with Crippen molar-refractivity contribution in [3.05, 3.63) is 42.5 Å². The van der Waals surface area contributed by atoms with Gasteiger partial charge < -0.3 is 15.4 Å². The molecule has 0 unspecified atom stereocenters. The zero-order valence-corrected chi connectivity index (χ0v) is 12.2. The molecule has 2 N–H and O–H groups in total. The summed E-state index contributed by atoms with van der Waals surface area (Å²) >= 11 is 0. The van der Waals surface area contributed by atoms with Crippen molar-refractivity contribution in [2.45, 2.75) is 26.9 Å². The minimum absolute atomic E-state index is 0.0480. The average molecular weight is 271 g/mol. The number of pyridine rings is 1. The predicted octanol–water partition coefficient (Wildman–Crippen LogP) is 3.61. The van der Waals surface area contributed by atoms with Crippen molar-refractivity contribution in [3.8, 4) is 5.88 Å². The fourth-order valence-electron chi connectivity index (χ4n) is 1.99. The van der Waals surface area contributed by atoms with Gasteiger partial charge in [-0.3, -0.25) is 0 Å². The topological polar surface area (TPSA) is 51.4 Å². The number of nitrogens with zero attached hydrogens (tertiary/aromatic N) is 2. The van der Waals surface area contributed by atoms with Crippen LogP contribution in [-0.2, 0) is 0 Å². The van der Waals surface area contributed by atoms with Crippen LogP contribution in [0.2, 0.25) is 0 Å². The minimum atomic E-state index is 0.0480. The third kappa shape index (κ3) is 3.20. The number of aromatic nitrogens is 1. The number of anilines is 3. The van der Waals surface area contributed by atoms with Crippen LogP contribution in [0.1, 0.15) is 20.8 Å². The number of nitrogens with two attached hydrogens (primary N) is 1. The van der Waals surface area contributed by atoms with Crippen molar-refractivity contribution in [3.63, 3.8) is 0 Å². The number of benzene rings is 1. The molecule has 0 aliphatic heterocycles. The molecule has 2 aromatic rings. The smallest absolute Gasteiger partial charge is 0.239 e. The second kappa shape index (κ2) is 6.28. The van der Waals surface area contributed by atoms with Gasteiger partial charge in [-0.25, -0.2) is 0 Å². The lowest BCUT2D eigenvalue weighted by Gasteiger charge is -2.23. The first-order valence-electron chi connectivity index (χ1n) is 6.87. The van der Waals surface area contributed by atoms with E-state index in [9.17, 15) is 0 Å². The molecular formula is C16H21N3O. The number of hydrogen-bond acceptors (Lipinski definition) is 4. The zero-order valence-electron chi connectivity index (χ0n) is 12.2. The van der Waals surface area contributed by atoms with Crippen LogP contribution in [0, 0.1) is 0 Å². The maximum absolute atomic E-state index is 5.91. The molecule has 0 radical (unpaired) electrons. The van der Waals surface area contributed by atoms with Gasteiger partial charge in [0, 0.05) is 12.2 Å². The van der Waals surface area contributed by atoms with Crippen molar-refractivity contribution in [1.82, 2.24) is 4.98 Å². The number of para-hydroxylation sites is 1. The highest BCUT2D eigenvalue weighted by Gasteiger charge is 2.12. The summed E-state index contributed by atoms with van der Waals surface area (Å²) in [6.07, 6.45) is 0.0480. The fourth-order valence-corrected chi connectivity index (χ4v) is 1.99. The lowest BCUT2D eigenvalue weighted by molar-refractivity contribution is 0.234. The molecule has 0 saturated carbocycles. The van der Waals surface area contributed by atoms with E-state index in [2.05, 4.69) is 28.9 Å². The van der Waals surface area contributed by atoms with Crippen molar-refractivity contribution < 1.29 is 4.74 Å². The number of rotatable bonds is 5. The minimum Gasteiger partial charge on any atom is -0.473 e. The second-order valence-corrected chi connectivity index (χ2v) is 4.81. The number of hydrogen-bond donors (Lipinski definition) is 1. The third-order valence-electron chi connectivity index (χ3n) is 2.88. The standard InChI is InChI=1S/C16H21N3O/c1-4-19(13-8-6-5-7-9-13)15-11-10-14(17)16(18-15)20-12(2)3/h5-12H,4,17H2,1-3H3. The van der Waals surface area contributed by atoms with Gasteiger partial charge in [-0.05, 0) is 45.0 Å². The lowest BCUT2D eigenvalue weighted by atomic mass is 10.2. The number of ether oxygens (including phenoxy) is 1. The molecule has 0 aliphatic rings. The molecular weight excluding hydrogens is 250 g/mol. The van der Waals surface area contributed by atoms with Crippen LogP contribution >= 0.6 is 0 Å². The molecule has 20 heavy (non-hydrogen) atoms. The highest BCUT2D eigenvalue weighted by Crippen LogP contribution is 2.28. The molecule has 1 aromatic carbocycles. The summed E-state index contributed by atoms with van der Waals surface area (Å²) in [6.45, 7) is 6.83. The van der Waals surface area contributed by atoms with Gasteiger partial charge in [0.1, 0.15) is 5.82 Å². The summed E-state index contributed by atoms with van der Waals surface area (Å²) in [5.74, 6) is 1.33. The Morgan fingerprint density at radius 3 is 2.45 bits per heavy atom. The molecule has 4 nitrogen and oxygen atoms in total. The average Bonchev–Trinajstić information content (AvgIpc) is 2.44. The van der Waals surface area contributed by atoms with Gasteiger partial charge >= 0.3 is 0 Å². The Hall–Kier alpha value is -2.23. The zero-order chi connectivity index (χ0) is 14.5. The van der Waals surface area contributed by atoms with Crippen LogP contribution in [0.25, 0.3) is 0 Å². The summed E-state index contributed by atoms with van der Waals surface area (Å²) in [6, 6.07) is 13.9. The molecule has 1 aromatic heterocycles. The molecule has 0 saturated heterocycles. The lowest BCUT2D eigenvalue weighted by Crippen LogP contribution is -2.18. The summed E-state index contributed by atoms with van der Waals surface area (Å²) in [4.78, 5) is 6.66. The van der Waals surface area contributed by atoms with Crippen molar-refractivity contribution in [1.29, 1.82) is 0 Å². The first-order valence-corrected chi connectivity index (χ1v) is 6.87. The van der Waals surface area contributed by atoms with E-state index >= 15 is 0 Å². The van der Waals surface area contributed by atoms with Crippen LogP contribution in [0.3, 0.4) is 0 Å². The van der Waals surface area contributed by atoms with Gasteiger partial charge in [0.2, 0.25) is 5.88 Å². The van der Waals surface area contributed by atoms with Gasteiger partial charge in [-0.1, -0.05) is 18.2 Å². The van der Waals surface area contributed by atoms with Gasteiger partial charge in [0.15, 0.2) is 0 Å². The Kier molecular flexibility index (Phi) is 4.45. The van der Waals surface area contributed by atoms with E-state index < -0.39 is 0 Å². The normalized spacial score (nSPS) is 10.6. The van der Waals surface area contributed by atoms with E-state index in [4.69, 9.17) is 10.5 Å². The Bertz CT molecular complexity index is 555. The molecule has 0 amide bonds. The monoisotopic (exact) mass is 271 g/mol. The van der Waals surface area contributed by atoms with E-state index in [1.165, 1.54) is 0 Å². The van der Waals surface area contributed by atoms with Gasteiger partial charge in [-0.2, -0.15) is 4.98 Å². The molecule has 1 heterocycles. The maximum atomic E-state index is 5.91. The molecule has 0 spiro atoms. The van der Waals surface area contributed by atoms with E-state index in [1.807, 2.05) is 44.2 Å². The van der Waals surface area contributed by atoms with Gasteiger partial charge in [-0.15, -0.1) is 0 Å². The largest absolute Gasteiger partial charge is 0.473 e. The van der Waals surface area contributed by atoms with Gasteiger partial charge in [0.05, 0.1) is 11.8 Å². The summed E-state index contributed by atoms with van der Waals surface area (Å²) < 4.78 is 5.65. The SMILES string of the molecule is CCN(c1ccccc1)c1ccc(N)c(OC(C)C)n1. The molecule has 0 atom stereocenters. The van der Waals surface area contributed by atoms with E-state index in [0.29, 0.717) is 11.6 Å². The Labute approximate surface area is 120 Å². The summed E-state index contributed by atoms with van der Waals surface area (Å²) in [5.41, 5.74) is 7.57. The molecule has 4 heteroatoms. The van der Waals surface area contributed by atoms with Crippen molar-refractivity contribution in [2.24, 2.45) is 0 Å². The van der Waals surface area contributed by atoms with E-state index in [1.54, 1.807) is 0 Å². The first-order chi connectivity index (χ1) is 9.61. The van der Waals surface area contributed by atoms with Gasteiger partial charge in [0.25, 0.3) is 0 Å². The van der Waals surface area contributed by atoms with Crippen molar-refractivity contribution >= 4 is 17.2 Å². The molecule has 0 bridgehead atoms. The Balaban J connectivity index is 2.35. The van der Waals surface area contributed by atoms with Crippen LogP contribution in [0.5, 0.6) is 5.88 Å². The molecule has 0 fully saturated rings. The van der Waals surface area contributed by atoms with E-state index in [-0.39, 0.29) is 6.10 Å². The van der Waals surface area contributed by atoms with Crippen LogP contribution in [0.15, 0.2) is 42.5 Å².